The summed E-state index contributed by atoms with van der Waals surface area (Å²) in [6.45, 7) is 0.416. The Morgan fingerprint density at radius 3 is 2.65 bits per heavy atom. The molecule has 0 aliphatic heterocycles. The van der Waals surface area contributed by atoms with Crippen LogP contribution in [0, 0.1) is 0 Å². The topological polar surface area (TPSA) is 31.4 Å². The maximum absolute atomic E-state index is 5.66. The van der Waals surface area contributed by atoms with Crippen molar-refractivity contribution in [2.24, 2.45) is 0 Å². The summed E-state index contributed by atoms with van der Waals surface area (Å²) in [5, 5.41) is 0. The highest BCUT2D eigenvalue weighted by atomic mass is 79.9. The van der Waals surface area contributed by atoms with Gasteiger partial charge in [0.05, 0.1) is 12.8 Å². The molecule has 0 atom stereocenters. The second kappa shape index (κ2) is 5.68. The van der Waals surface area contributed by atoms with Crippen LogP contribution in [0.3, 0.4) is 0 Å². The second-order valence-electron chi connectivity index (χ2n) is 3.40. The number of benzene rings is 1. The highest BCUT2D eigenvalue weighted by Crippen LogP contribution is 2.26. The van der Waals surface area contributed by atoms with Gasteiger partial charge in [-0.3, -0.25) is 4.98 Å². The summed E-state index contributed by atoms with van der Waals surface area (Å²) in [6, 6.07) is 11.4. The number of pyridine rings is 1. The SMILES string of the molecule is COc1ccccc1OCc1cc(Br)ccn1. The molecule has 1 aromatic heterocycles. The van der Waals surface area contributed by atoms with Gasteiger partial charge in [0.15, 0.2) is 11.5 Å². The van der Waals surface area contributed by atoms with Gasteiger partial charge in [-0.15, -0.1) is 0 Å². The molecule has 17 heavy (non-hydrogen) atoms. The van der Waals surface area contributed by atoms with Crippen molar-refractivity contribution in [3.63, 3.8) is 0 Å². The van der Waals surface area contributed by atoms with E-state index >= 15 is 0 Å². The third-order valence-electron chi connectivity index (χ3n) is 2.22. The van der Waals surface area contributed by atoms with Gasteiger partial charge in [-0.2, -0.15) is 0 Å². The van der Waals surface area contributed by atoms with Crippen molar-refractivity contribution in [2.75, 3.05) is 7.11 Å². The van der Waals surface area contributed by atoms with Gasteiger partial charge in [-0.1, -0.05) is 28.1 Å². The molecule has 0 saturated heterocycles. The Hall–Kier alpha value is -1.55. The normalized spacial score (nSPS) is 10.0. The number of para-hydroxylation sites is 2. The third kappa shape index (κ3) is 3.20. The van der Waals surface area contributed by atoms with Crippen molar-refractivity contribution in [2.45, 2.75) is 6.61 Å². The Kier molecular flexibility index (Phi) is 3.98. The van der Waals surface area contributed by atoms with Gasteiger partial charge in [0.1, 0.15) is 6.61 Å². The molecular weight excluding hydrogens is 282 g/mol. The Morgan fingerprint density at radius 1 is 1.18 bits per heavy atom. The zero-order valence-electron chi connectivity index (χ0n) is 9.39. The van der Waals surface area contributed by atoms with Crippen molar-refractivity contribution in [1.29, 1.82) is 0 Å². The van der Waals surface area contributed by atoms with Crippen LogP contribution in [0.15, 0.2) is 47.1 Å². The largest absolute Gasteiger partial charge is 0.493 e. The van der Waals surface area contributed by atoms with Crippen LogP contribution in [0.25, 0.3) is 0 Å². The molecule has 2 rings (SSSR count). The van der Waals surface area contributed by atoms with E-state index in [2.05, 4.69) is 20.9 Å². The minimum absolute atomic E-state index is 0.416. The van der Waals surface area contributed by atoms with Crippen molar-refractivity contribution >= 4 is 15.9 Å². The first-order chi connectivity index (χ1) is 8.29. The van der Waals surface area contributed by atoms with E-state index in [-0.39, 0.29) is 0 Å². The molecule has 0 N–H and O–H groups in total. The minimum Gasteiger partial charge on any atom is -0.493 e. The monoisotopic (exact) mass is 293 g/mol. The van der Waals surface area contributed by atoms with Gasteiger partial charge in [-0.05, 0) is 24.3 Å². The molecule has 0 aliphatic carbocycles. The second-order valence-corrected chi connectivity index (χ2v) is 4.32. The van der Waals surface area contributed by atoms with Crippen LogP contribution in [0.1, 0.15) is 5.69 Å². The van der Waals surface area contributed by atoms with E-state index < -0.39 is 0 Å². The van der Waals surface area contributed by atoms with Crippen molar-refractivity contribution in [3.05, 3.63) is 52.8 Å². The van der Waals surface area contributed by atoms with Gasteiger partial charge >= 0.3 is 0 Å². The Balaban J connectivity index is 2.07. The maximum atomic E-state index is 5.66. The summed E-state index contributed by atoms with van der Waals surface area (Å²) >= 11 is 3.40. The molecule has 0 aliphatic rings. The van der Waals surface area contributed by atoms with E-state index in [0.717, 1.165) is 21.7 Å². The predicted molar refractivity (Wildman–Crippen MR) is 69.3 cm³/mol. The third-order valence-corrected chi connectivity index (χ3v) is 2.72. The highest BCUT2D eigenvalue weighted by molar-refractivity contribution is 9.10. The summed E-state index contributed by atoms with van der Waals surface area (Å²) < 4.78 is 11.9. The van der Waals surface area contributed by atoms with E-state index in [9.17, 15) is 0 Å². The molecular formula is C13H12BrNO2. The van der Waals surface area contributed by atoms with E-state index in [1.807, 2.05) is 36.4 Å². The summed E-state index contributed by atoms with van der Waals surface area (Å²) in [4.78, 5) is 4.21. The zero-order valence-corrected chi connectivity index (χ0v) is 11.0. The average molecular weight is 294 g/mol. The summed E-state index contributed by atoms with van der Waals surface area (Å²) in [5.41, 5.74) is 0.866. The number of nitrogens with zero attached hydrogens (tertiary/aromatic N) is 1. The van der Waals surface area contributed by atoms with Gasteiger partial charge in [0.2, 0.25) is 0 Å². The van der Waals surface area contributed by atoms with Gasteiger partial charge < -0.3 is 9.47 Å². The molecule has 0 radical (unpaired) electrons. The summed E-state index contributed by atoms with van der Waals surface area (Å²) in [7, 11) is 1.62. The van der Waals surface area contributed by atoms with Gasteiger partial charge in [-0.25, -0.2) is 0 Å². The first-order valence-electron chi connectivity index (χ1n) is 5.16. The first-order valence-corrected chi connectivity index (χ1v) is 5.95. The van der Waals surface area contributed by atoms with Crippen LogP contribution in [0.2, 0.25) is 0 Å². The molecule has 0 saturated carbocycles. The molecule has 88 valence electrons. The summed E-state index contributed by atoms with van der Waals surface area (Å²) in [5.74, 6) is 1.44. The highest BCUT2D eigenvalue weighted by Gasteiger charge is 2.03. The van der Waals surface area contributed by atoms with Crippen LogP contribution in [0.4, 0.5) is 0 Å². The maximum Gasteiger partial charge on any atom is 0.161 e. The fourth-order valence-corrected chi connectivity index (χ4v) is 1.80. The van der Waals surface area contributed by atoms with Crippen LogP contribution in [0.5, 0.6) is 11.5 Å². The van der Waals surface area contributed by atoms with Crippen LogP contribution < -0.4 is 9.47 Å². The number of aromatic nitrogens is 1. The number of hydrogen-bond donors (Lipinski definition) is 0. The van der Waals surface area contributed by atoms with Crippen LogP contribution in [-0.4, -0.2) is 12.1 Å². The molecule has 0 spiro atoms. The fraction of sp³-hybridized carbons (Fsp3) is 0.154. The predicted octanol–water partition coefficient (Wildman–Crippen LogP) is 3.43. The summed E-state index contributed by atoms with van der Waals surface area (Å²) in [6.07, 6.45) is 1.74. The Labute approximate surface area is 109 Å². The van der Waals surface area contributed by atoms with E-state index in [4.69, 9.17) is 9.47 Å². The van der Waals surface area contributed by atoms with Crippen molar-refractivity contribution < 1.29 is 9.47 Å². The number of halogens is 1. The lowest BCUT2D eigenvalue weighted by Crippen LogP contribution is -1.99. The number of rotatable bonds is 4. The van der Waals surface area contributed by atoms with Crippen molar-refractivity contribution in [1.82, 2.24) is 4.98 Å². The fourth-order valence-electron chi connectivity index (χ4n) is 1.42. The lowest BCUT2D eigenvalue weighted by atomic mass is 10.3. The number of ether oxygens (including phenoxy) is 2. The van der Waals surface area contributed by atoms with E-state index in [1.165, 1.54) is 0 Å². The van der Waals surface area contributed by atoms with Crippen LogP contribution in [-0.2, 0) is 6.61 Å². The minimum atomic E-state index is 0.416. The molecule has 1 heterocycles. The van der Waals surface area contributed by atoms with E-state index in [0.29, 0.717) is 6.61 Å². The molecule has 3 nitrogen and oxygen atoms in total. The average Bonchev–Trinajstić information content (AvgIpc) is 2.37. The molecule has 0 unspecified atom stereocenters. The first kappa shape index (κ1) is 11.9. The van der Waals surface area contributed by atoms with Gasteiger partial charge in [0.25, 0.3) is 0 Å². The number of methoxy groups -OCH3 is 1. The van der Waals surface area contributed by atoms with Gasteiger partial charge in [0, 0.05) is 10.7 Å². The van der Waals surface area contributed by atoms with Crippen LogP contribution >= 0.6 is 15.9 Å². The smallest absolute Gasteiger partial charge is 0.161 e. The number of hydrogen-bond acceptors (Lipinski definition) is 3. The standard InChI is InChI=1S/C13H12BrNO2/c1-16-12-4-2-3-5-13(12)17-9-11-8-10(14)6-7-15-11/h2-8H,9H2,1H3. The molecule has 0 amide bonds. The zero-order chi connectivity index (χ0) is 12.1. The van der Waals surface area contributed by atoms with Crippen molar-refractivity contribution in [3.8, 4) is 11.5 Å². The lowest BCUT2D eigenvalue weighted by Gasteiger charge is -2.09. The Morgan fingerprint density at radius 2 is 1.94 bits per heavy atom. The molecule has 0 bridgehead atoms. The Bertz CT molecular complexity index is 502. The molecule has 0 fully saturated rings. The quantitative estimate of drug-likeness (QED) is 0.865. The van der Waals surface area contributed by atoms with E-state index in [1.54, 1.807) is 13.3 Å². The molecule has 4 heteroatoms. The molecule has 1 aromatic carbocycles. The molecule has 2 aromatic rings. The lowest BCUT2D eigenvalue weighted by molar-refractivity contribution is 0.280.